The van der Waals surface area contributed by atoms with Crippen LogP contribution >= 0.6 is 15.9 Å². The van der Waals surface area contributed by atoms with Crippen molar-refractivity contribution in [3.8, 4) is 11.5 Å². The summed E-state index contributed by atoms with van der Waals surface area (Å²) in [6, 6.07) is 14.0. The van der Waals surface area contributed by atoms with E-state index in [2.05, 4.69) is 26.9 Å². The molecule has 0 unspecified atom stereocenters. The second-order valence-corrected chi connectivity index (χ2v) is 7.57. The maximum atomic E-state index is 12.5. The van der Waals surface area contributed by atoms with Gasteiger partial charge in [-0.15, -0.1) is 0 Å². The van der Waals surface area contributed by atoms with E-state index in [1.54, 1.807) is 0 Å². The molecule has 0 saturated carbocycles. The summed E-state index contributed by atoms with van der Waals surface area (Å²) in [5.41, 5.74) is 2.26. The van der Waals surface area contributed by atoms with Crippen LogP contribution < -0.4 is 9.47 Å². The van der Waals surface area contributed by atoms with E-state index in [-0.39, 0.29) is 5.91 Å². The van der Waals surface area contributed by atoms with Gasteiger partial charge in [0.1, 0.15) is 0 Å². The molecule has 0 aromatic heterocycles. The third-order valence-corrected chi connectivity index (χ3v) is 5.31. The number of hydrogen-bond donors (Lipinski definition) is 0. The lowest BCUT2D eigenvalue weighted by molar-refractivity contribution is -0.132. The fourth-order valence-electron chi connectivity index (χ4n) is 3.39. The van der Waals surface area contributed by atoms with Crippen molar-refractivity contribution in [3.63, 3.8) is 0 Å². The van der Waals surface area contributed by atoms with Crippen LogP contribution in [0.1, 0.15) is 11.1 Å². The van der Waals surface area contributed by atoms with Crippen LogP contribution in [0.2, 0.25) is 0 Å². The monoisotopic (exact) mass is 416 g/mol. The lowest BCUT2D eigenvalue weighted by Crippen LogP contribution is -2.48. The average molecular weight is 417 g/mol. The van der Waals surface area contributed by atoms with Gasteiger partial charge in [0.25, 0.3) is 0 Å². The summed E-state index contributed by atoms with van der Waals surface area (Å²) in [7, 11) is 0. The minimum absolute atomic E-state index is 0.200. The molecule has 136 valence electrons. The van der Waals surface area contributed by atoms with Gasteiger partial charge in [-0.05, 0) is 35.4 Å². The van der Waals surface area contributed by atoms with E-state index in [9.17, 15) is 4.79 Å². The quantitative estimate of drug-likeness (QED) is 0.767. The molecule has 0 atom stereocenters. The highest BCUT2D eigenvalue weighted by Gasteiger charge is 2.22. The smallest absolute Gasteiger partial charge is 0.231 e. The first-order valence-electron chi connectivity index (χ1n) is 8.80. The molecule has 0 aliphatic carbocycles. The topological polar surface area (TPSA) is 42.0 Å². The third-order valence-electron chi connectivity index (χ3n) is 4.81. The molecule has 2 aliphatic heterocycles. The lowest BCUT2D eigenvalue weighted by atomic mass is 10.1. The molecule has 2 heterocycles. The van der Waals surface area contributed by atoms with Gasteiger partial charge in [0, 0.05) is 37.2 Å². The summed E-state index contributed by atoms with van der Waals surface area (Å²) >= 11 is 3.46. The summed E-state index contributed by atoms with van der Waals surface area (Å²) in [5, 5.41) is 0. The van der Waals surface area contributed by atoms with Gasteiger partial charge in [-0.2, -0.15) is 0 Å². The van der Waals surface area contributed by atoms with Crippen molar-refractivity contribution in [2.45, 2.75) is 13.0 Å². The standard InChI is InChI=1S/C20H21BrN2O3/c21-17-3-1-2-15(10-17)12-20(24)23-8-6-22(7-9-23)13-16-4-5-18-19(11-16)26-14-25-18/h1-5,10-11H,6-9,12-14H2. The van der Waals surface area contributed by atoms with E-state index in [0.717, 1.165) is 54.3 Å². The maximum absolute atomic E-state index is 12.5. The van der Waals surface area contributed by atoms with Crippen molar-refractivity contribution in [1.29, 1.82) is 0 Å². The zero-order valence-corrected chi connectivity index (χ0v) is 16.1. The number of rotatable bonds is 4. The molecule has 2 aliphatic rings. The number of benzene rings is 2. The van der Waals surface area contributed by atoms with Gasteiger partial charge in [-0.25, -0.2) is 0 Å². The van der Waals surface area contributed by atoms with Crippen LogP contribution in [-0.4, -0.2) is 48.7 Å². The fourth-order valence-corrected chi connectivity index (χ4v) is 3.83. The van der Waals surface area contributed by atoms with Gasteiger partial charge in [0.2, 0.25) is 12.7 Å². The minimum atomic E-state index is 0.200. The molecule has 0 radical (unpaired) electrons. The molecular formula is C20H21BrN2O3. The first-order chi connectivity index (χ1) is 12.7. The largest absolute Gasteiger partial charge is 0.454 e. The first-order valence-corrected chi connectivity index (χ1v) is 9.60. The molecule has 1 fully saturated rings. The van der Waals surface area contributed by atoms with E-state index in [0.29, 0.717) is 13.2 Å². The Labute approximate surface area is 161 Å². The van der Waals surface area contributed by atoms with Gasteiger partial charge in [-0.1, -0.05) is 34.1 Å². The predicted octanol–water partition coefficient (Wildman–Crippen LogP) is 3.06. The van der Waals surface area contributed by atoms with Crippen molar-refractivity contribution >= 4 is 21.8 Å². The van der Waals surface area contributed by atoms with Crippen LogP contribution in [0.15, 0.2) is 46.9 Å². The number of halogens is 1. The fraction of sp³-hybridized carbons (Fsp3) is 0.350. The predicted molar refractivity (Wildman–Crippen MR) is 102 cm³/mol. The molecule has 5 nitrogen and oxygen atoms in total. The molecule has 4 rings (SSSR count). The maximum Gasteiger partial charge on any atom is 0.231 e. The molecule has 1 amide bonds. The van der Waals surface area contributed by atoms with Crippen LogP contribution in [-0.2, 0) is 17.8 Å². The Balaban J connectivity index is 1.29. The normalized spacial score (nSPS) is 16.7. The number of nitrogens with zero attached hydrogens (tertiary/aromatic N) is 2. The van der Waals surface area contributed by atoms with Crippen molar-refractivity contribution in [2.24, 2.45) is 0 Å². The molecule has 2 aromatic rings. The van der Waals surface area contributed by atoms with Crippen LogP contribution in [0.25, 0.3) is 0 Å². The summed E-state index contributed by atoms with van der Waals surface area (Å²) < 4.78 is 11.8. The summed E-state index contributed by atoms with van der Waals surface area (Å²) in [4.78, 5) is 16.9. The Morgan fingerprint density at radius 2 is 1.77 bits per heavy atom. The van der Waals surface area contributed by atoms with Crippen molar-refractivity contribution in [3.05, 3.63) is 58.1 Å². The van der Waals surface area contributed by atoms with Crippen molar-refractivity contribution in [1.82, 2.24) is 9.80 Å². The number of carbonyl (C=O) groups is 1. The second-order valence-electron chi connectivity index (χ2n) is 6.65. The van der Waals surface area contributed by atoms with Crippen LogP contribution in [0.5, 0.6) is 11.5 Å². The highest BCUT2D eigenvalue weighted by Crippen LogP contribution is 2.32. The average Bonchev–Trinajstić information content (AvgIpc) is 3.10. The Bertz CT molecular complexity index is 803. The van der Waals surface area contributed by atoms with E-state index >= 15 is 0 Å². The zero-order chi connectivity index (χ0) is 17.9. The number of amides is 1. The Kier molecular flexibility index (Phi) is 5.13. The number of ether oxygens (including phenoxy) is 2. The van der Waals surface area contributed by atoms with Crippen LogP contribution in [0, 0.1) is 0 Å². The second kappa shape index (κ2) is 7.68. The minimum Gasteiger partial charge on any atom is -0.454 e. The van der Waals surface area contributed by atoms with E-state index < -0.39 is 0 Å². The number of carbonyl (C=O) groups excluding carboxylic acids is 1. The van der Waals surface area contributed by atoms with Gasteiger partial charge >= 0.3 is 0 Å². The molecule has 0 spiro atoms. The lowest BCUT2D eigenvalue weighted by Gasteiger charge is -2.35. The summed E-state index contributed by atoms with van der Waals surface area (Å²) in [5.74, 6) is 1.84. The molecule has 1 saturated heterocycles. The van der Waals surface area contributed by atoms with Crippen molar-refractivity contribution < 1.29 is 14.3 Å². The Morgan fingerprint density at radius 3 is 2.58 bits per heavy atom. The van der Waals surface area contributed by atoms with Gasteiger partial charge in [-0.3, -0.25) is 9.69 Å². The number of piperazine rings is 1. The van der Waals surface area contributed by atoms with E-state index in [4.69, 9.17) is 9.47 Å². The Morgan fingerprint density at radius 1 is 0.962 bits per heavy atom. The molecule has 0 N–H and O–H groups in total. The third kappa shape index (κ3) is 4.02. The molecule has 6 heteroatoms. The highest BCUT2D eigenvalue weighted by atomic mass is 79.9. The number of hydrogen-bond acceptors (Lipinski definition) is 4. The summed E-state index contributed by atoms with van der Waals surface area (Å²) in [6.07, 6.45) is 0.460. The Hall–Kier alpha value is -2.05. The zero-order valence-electron chi connectivity index (χ0n) is 14.5. The molecule has 0 bridgehead atoms. The SMILES string of the molecule is O=C(Cc1cccc(Br)c1)N1CCN(Cc2ccc3c(c2)OCO3)CC1. The molecule has 2 aromatic carbocycles. The molecular weight excluding hydrogens is 396 g/mol. The summed E-state index contributed by atoms with van der Waals surface area (Å²) in [6.45, 7) is 4.49. The van der Waals surface area contributed by atoms with Crippen LogP contribution in [0.3, 0.4) is 0 Å². The number of fused-ring (bicyclic) bond motifs is 1. The van der Waals surface area contributed by atoms with Gasteiger partial charge < -0.3 is 14.4 Å². The van der Waals surface area contributed by atoms with E-state index in [1.165, 1.54) is 5.56 Å². The van der Waals surface area contributed by atoms with E-state index in [1.807, 2.05) is 41.3 Å². The van der Waals surface area contributed by atoms with Crippen molar-refractivity contribution in [2.75, 3.05) is 33.0 Å². The highest BCUT2D eigenvalue weighted by molar-refractivity contribution is 9.10. The molecule has 26 heavy (non-hydrogen) atoms. The van der Waals surface area contributed by atoms with Gasteiger partial charge in [0.05, 0.1) is 6.42 Å². The van der Waals surface area contributed by atoms with Crippen LogP contribution in [0.4, 0.5) is 0 Å². The van der Waals surface area contributed by atoms with Gasteiger partial charge in [0.15, 0.2) is 11.5 Å². The first kappa shape index (κ1) is 17.4.